The maximum atomic E-state index is 11.6. The summed E-state index contributed by atoms with van der Waals surface area (Å²) in [4.78, 5) is 20.1. The fourth-order valence-corrected chi connectivity index (χ4v) is 2.97. The van der Waals surface area contributed by atoms with Crippen molar-refractivity contribution in [3.8, 4) is 11.4 Å². The molecule has 0 aliphatic heterocycles. The van der Waals surface area contributed by atoms with E-state index in [0.717, 1.165) is 11.4 Å². The Balaban J connectivity index is 1.98. The number of aromatic nitrogens is 5. The van der Waals surface area contributed by atoms with E-state index in [1.807, 2.05) is 24.3 Å². The minimum atomic E-state index is -0.403. The van der Waals surface area contributed by atoms with Crippen molar-refractivity contribution in [3.05, 3.63) is 30.6 Å². The molecule has 0 aliphatic rings. The zero-order chi connectivity index (χ0) is 17.1. The Hall–Kier alpha value is -2.68. The Labute approximate surface area is 142 Å². The van der Waals surface area contributed by atoms with Crippen molar-refractivity contribution in [3.63, 3.8) is 0 Å². The number of fused-ring (bicyclic) bond motifs is 1. The van der Waals surface area contributed by atoms with Gasteiger partial charge in [-0.1, -0.05) is 17.0 Å². The average molecular weight is 345 g/mol. The van der Waals surface area contributed by atoms with Gasteiger partial charge in [-0.05, 0) is 31.2 Å². The highest BCUT2D eigenvalue weighted by Gasteiger charge is 2.20. The van der Waals surface area contributed by atoms with Crippen LogP contribution in [0.4, 0.5) is 0 Å². The number of ether oxygens (including phenoxy) is 2. The van der Waals surface area contributed by atoms with E-state index in [2.05, 4.69) is 20.3 Å². The molecule has 9 heteroatoms. The van der Waals surface area contributed by atoms with Crippen LogP contribution in [0.1, 0.15) is 6.92 Å². The minimum absolute atomic E-state index is 0.325. The minimum Gasteiger partial charge on any atom is -0.497 e. The van der Waals surface area contributed by atoms with E-state index in [-0.39, 0.29) is 5.97 Å². The first kappa shape index (κ1) is 16.2. The smallest absolute Gasteiger partial charge is 0.318 e. The van der Waals surface area contributed by atoms with Gasteiger partial charge >= 0.3 is 5.97 Å². The summed E-state index contributed by atoms with van der Waals surface area (Å²) in [5.41, 5.74) is 1.90. The number of methoxy groups -OCH3 is 2. The van der Waals surface area contributed by atoms with Crippen molar-refractivity contribution in [2.75, 3.05) is 14.2 Å². The zero-order valence-electron chi connectivity index (χ0n) is 13.3. The lowest BCUT2D eigenvalue weighted by atomic mass is 10.3. The Morgan fingerprint density at radius 3 is 2.62 bits per heavy atom. The van der Waals surface area contributed by atoms with Gasteiger partial charge in [-0.2, -0.15) is 4.68 Å². The van der Waals surface area contributed by atoms with Crippen LogP contribution in [0.15, 0.2) is 35.6 Å². The van der Waals surface area contributed by atoms with Gasteiger partial charge in [-0.25, -0.2) is 9.97 Å². The summed E-state index contributed by atoms with van der Waals surface area (Å²) in [6.07, 6.45) is 1.43. The van der Waals surface area contributed by atoms with Gasteiger partial charge in [-0.15, -0.1) is 5.10 Å². The normalized spacial score (nSPS) is 12.1. The number of benzene rings is 1. The highest BCUT2D eigenvalue weighted by molar-refractivity contribution is 8.00. The summed E-state index contributed by atoms with van der Waals surface area (Å²) in [6, 6.07) is 7.38. The van der Waals surface area contributed by atoms with Crippen molar-refractivity contribution in [1.29, 1.82) is 0 Å². The van der Waals surface area contributed by atoms with Gasteiger partial charge < -0.3 is 9.47 Å². The third kappa shape index (κ3) is 3.02. The van der Waals surface area contributed by atoms with Crippen molar-refractivity contribution in [2.24, 2.45) is 0 Å². The van der Waals surface area contributed by atoms with Crippen LogP contribution in [0.2, 0.25) is 0 Å². The van der Waals surface area contributed by atoms with Gasteiger partial charge in [-0.3, -0.25) is 4.79 Å². The predicted octanol–water partition coefficient (Wildman–Crippen LogP) is 1.87. The molecule has 0 radical (unpaired) electrons. The lowest BCUT2D eigenvalue weighted by Gasteiger charge is -2.08. The van der Waals surface area contributed by atoms with E-state index in [4.69, 9.17) is 9.47 Å². The molecule has 2 aromatic heterocycles. The molecule has 0 N–H and O–H groups in total. The Morgan fingerprint density at radius 2 is 1.96 bits per heavy atom. The summed E-state index contributed by atoms with van der Waals surface area (Å²) in [5, 5.41) is 8.49. The van der Waals surface area contributed by atoms with Gasteiger partial charge in [0.1, 0.15) is 22.4 Å². The molecule has 0 fully saturated rings. The summed E-state index contributed by atoms with van der Waals surface area (Å²) in [6.45, 7) is 1.75. The summed E-state index contributed by atoms with van der Waals surface area (Å²) in [7, 11) is 2.97. The molecule has 0 amide bonds. The molecule has 3 rings (SSSR count). The molecule has 2 heterocycles. The first-order valence-electron chi connectivity index (χ1n) is 7.09. The second kappa shape index (κ2) is 6.83. The SMILES string of the molecule is COC(=O)[C@@H](C)Sc1ncnc2c1nnn2-c1ccc(OC)cc1. The van der Waals surface area contributed by atoms with Crippen LogP contribution in [0.25, 0.3) is 16.9 Å². The van der Waals surface area contributed by atoms with Crippen LogP contribution in [0, 0.1) is 0 Å². The van der Waals surface area contributed by atoms with Crippen LogP contribution >= 0.6 is 11.8 Å². The van der Waals surface area contributed by atoms with Gasteiger partial charge in [0.2, 0.25) is 0 Å². The van der Waals surface area contributed by atoms with Crippen molar-refractivity contribution < 1.29 is 14.3 Å². The van der Waals surface area contributed by atoms with Crippen LogP contribution in [-0.2, 0) is 9.53 Å². The number of carbonyl (C=O) groups is 1. The topological polar surface area (TPSA) is 92.0 Å². The van der Waals surface area contributed by atoms with Gasteiger partial charge in [0.15, 0.2) is 11.2 Å². The molecule has 24 heavy (non-hydrogen) atoms. The lowest BCUT2D eigenvalue weighted by molar-refractivity contribution is -0.139. The fourth-order valence-electron chi connectivity index (χ4n) is 2.09. The monoisotopic (exact) mass is 345 g/mol. The van der Waals surface area contributed by atoms with Gasteiger partial charge in [0.25, 0.3) is 0 Å². The number of esters is 1. The van der Waals surface area contributed by atoms with Crippen LogP contribution in [0.5, 0.6) is 5.75 Å². The van der Waals surface area contributed by atoms with Crippen LogP contribution in [-0.4, -0.2) is 50.4 Å². The predicted molar refractivity (Wildman–Crippen MR) is 88.3 cm³/mol. The number of carbonyl (C=O) groups excluding carboxylic acids is 1. The standard InChI is InChI=1S/C15H15N5O3S/c1-9(15(21)23-3)24-14-12-13(16-8-17-14)20(19-18-12)10-4-6-11(22-2)7-5-10/h4-9H,1-3H3/t9-/m1/s1. The number of hydrogen-bond acceptors (Lipinski definition) is 8. The Kier molecular flexibility index (Phi) is 4.61. The molecule has 1 atom stereocenters. The molecular formula is C15H15N5O3S. The van der Waals surface area contributed by atoms with Crippen LogP contribution in [0.3, 0.4) is 0 Å². The van der Waals surface area contributed by atoms with E-state index in [9.17, 15) is 4.79 Å². The second-order valence-corrected chi connectivity index (χ2v) is 6.16. The van der Waals surface area contributed by atoms with E-state index in [1.54, 1.807) is 18.7 Å². The molecule has 3 aromatic rings. The molecule has 0 aliphatic carbocycles. The first-order valence-corrected chi connectivity index (χ1v) is 7.97. The van der Waals surface area contributed by atoms with Crippen LogP contribution < -0.4 is 4.74 Å². The number of hydrogen-bond donors (Lipinski definition) is 0. The molecule has 124 valence electrons. The van der Waals surface area contributed by atoms with Crippen molar-refractivity contribution in [1.82, 2.24) is 25.0 Å². The zero-order valence-corrected chi connectivity index (χ0v) is 14.1. The Bertz CT molecular complexity index is 865. The summed E-state index contributed by atoms with van der Waals surface area (Å²) in [5.74, 6) is 0.426. The molecular weight excluding hydrogens is 330 g/mol. The van der Waals surface area contributed by atoms with Crippen molar-refractivity contribution >= 4 is 28.9 Å². The molecule has 0 bridgehead atoms. The molecule has 0 unspecified atom stereocenters. The summed E-state index contributed by atoms with van der Waals surface area (Å²) < 4.78 is 11.5. The van der Waals surface area contributed by atoms with E-state index < -0.39 is 5.25 Å². The highest BCUT2D eigenvalue weighted by Crippen LogP contribution is 2.28. The molecule has 0 spiro atoms. The molecule has 0 saturated carbocycles. The second-order valence-electron chi connectivity index (χ2n) is 4.83. The van der Waals surface area contributed by atoms with E-state index in [0.29, 0.717) is 16.2 Å². The maximum Gasteiger partial charge on any atom is 0.318 e. The third-order valence-electron chi connectivity index (χ3n) is 3.34. The van der Waals surface area contributed by atoms with Gasteiger partial charge in [0.05, 0.1) is 19.9 Å². The Morgan fingerprint density at radius 1 is 1.21 bits per heavy atom. The number of thioether (sulfide) groups is 1. The quantitative estimate of drug-likeness (QED) is 0.393. The average Bonchev–Trinajstić information content (AvgIpc) is 3.06. The first-order chi connectivity index (χ1) is 11.6. The summed E-state index contributed by atoms with van der Waals surface area (Å²) >= 11 is 1.26. The van der Waals surface area contributed by atoms with E-state index >= 15 is 0 Å². The molecule has 8 nitrogen and oxygen atoms in total. The largest absolute Gasteiger partial charge is 0.497 e. The maximum absolute atomic E-state index is 11.6. The number of rotatable bonds is 5. The number of nitrogens with zero attached hydrogens (tertiary/aromatic N) is 5. The molecule has 1 aromatic carbocycles. The van der Waals surface area contributed by atoms with E-state index in [1.165, 1.54) is 25.2 Å². The fraction of sp³-hybridized carbons (Fsp3) is 0.267. The lowest BCUT2D eigenvalue weighted by Crippen LogP contribution is -2.14. The highest BCUT2D eigenvalue weighted by atomic mass is 32.2. The van der Waals surface area contributed by atoms with Gasteiger partial charge in [0, 0.05) is 0 Å². The molecule has 0 saturated heterocycles. The third-order valence-corrected chi connectivity index (χ3v) is 4.41. The van der Waals surface area contributed by atoms with Crippen molar-refractivity contribution in [2.45, 2.75) is 17.2 Å².